The molecule has 0 aromatic carbocycles. The molecule has 3 nitrogen and oxygen atoms in total. The van der Waals surface area contributed by atoms with Crippen molar-refractivity contribution in [3.8, 4) is 0 Å². The molecule has 1 heterocycles. The van der Waals surface area contributed by atoms with Crippen molar-refractivity contribution in [1.29, 1.82) is 0 Å². The zero-order valence-electron chi connectivity index (χ0n) is 6.83. The van der Waals surface area contributed by atoms with E-state index in [1.54, 1.807) is 0 Å². The Morgan fingerprint density at radius 2 is 2.33 bits per heavy atom. The number of thiocarbonyl (C=S) groups is 1. The van der Waals surface area contributed by atoms with Crippen molar-refractivity contribution < 1.29 is 29.6 Å². The van der Waals surface area contributed by atoms with Crippen molar-refractivity contribution >= 4 is 45.6 Å². The van der Waals surface area contributed by atoms with Gasteiger partial charge in [0.2, 0.25) is 5.13 Å². The number of anilines is 1. The number of hydrogen-bond donors (Lipinski definition) is 1. The summed E-state index contributed by atoms with van der Waals surface area (Å²) in [5.74, 6) is 0. The first kappa shape index (κ1) is 12.7. The van der Waals surface area contributed by atoms with Gasteiger partial charge in [0.05, 0.1) is 0 Å². The summed E-state index contributed by atoms with van der Waals surface area (Å²) >= 11 is 10.8. The number of aromatic nitrogens is 2. The molecule has 0 radical (unpaired) electrons. The molecule has 0 saturated heterocycles. The van der Waals surface area contributed by atoms with Crippen molar-refractivity contribution in [1.82, 2.24) is 10.2 Å². The molecule has 0 bridgehead atoms. The quantitative estimate of drug-likeness (QED) is 0.372. The fraction of sp³-hybridized carbons (Fsp3) is 0.400. The first-order valence-corrected chi connectivity index (χ1v) is 4.66. The number of nitrogens with zero attached hydrogens (tertiary/aromatic N) is 2. The number of rotatable bonds is 2. The Morgan fingerprint density at radius 3 is 2.75 bits per heavy atom. The minimum atomic E-state index is 0. The molecule has 0 fully saturated rings. The maximum atomic E-state index is 4.67. The van der Waals surface area contributed by atoms with E-state index in [9.17, 15) is 0 Å². The maximum Gasteiger partial charge on any atom is 1.00 e. The molecule has 0 aliphatic rings. The zero-order chi connectivity index (χ0) is 8.27. The summed E-state index contributed by atoms with van der Waals surface area (Å²) in [5, 5.41) is 12.1. The number of nitrogens with one attached hydrogen (secondary N) is 1. The number of aryl methyl sites for hydroxylation is 1. The fourth-order valence-corrected chi connectivity index (χ4v) is 1.54. The Labute approximate surface area is 108 Å². The van der Waals surface area contributed by atoms with Gasteiger partial charge in [-0.1, -0.05) is 22.6 Å². The summed E-state index contributed by atoms with van der Waals surface area (Å²) in [6.45, 7) is 2.02. The van der Waals surface area contributed by atoms with Gasteiger partial charge < -0.3 is 30.2 Å². The average Bonchev–Trinajstić information content (AvgIpc) is 2.34. The molecule has 0 atom stereocenters. The molecule has 0 amide bonds. The Bertz CT molecular complexity index is 262. The minimum absolute atomic E-state index is 0. The first-order chi connectivity index (χ1) is 5.22. The molecular formula is C5H6N3NaS3. The van der Waals surface area contributed by atoms with Gasteiger partial charge in [-0.15, -0.1) is 10.2 Å². The Morgan fingerprint density at radius 1 is 1.67 bits per heavy atom. The first-order valence-electron chi connectivity index (χ1n) is 3.02. The third kappa shape index (κ3) is 4.06. The SMILES string of the molecule is CCc1nnc(NC(=S)[S-])s1.[Na+]. The third-order valence-corrected chi connectivity index (χ3v) is 2.17. The zero-order valence-corrected chi connectivity index (χ0v) is 11.3. The second-order valence-corrected chi connectivity index (χ2v) is 3.90. The molecule has 1 aromatic heterocycles. The van der Waals surface area contributed by atoms with Crippen LogP contribution < -0.4 is 34.9 Å². The molecule has 60 valence electrons. The standard InChI is InChI=1S/C5H7N3S3.Na/c1-2-3-7-8-4(11-3)6-5(9)10;/h2H2,1H3,(H2,6,8,9,10);/q;+1/p-1. The summed E-state index contributed by atoms with van der Waals surface area (Å²) < 4.78 is 0.309. The normalized spacial score (nSPS) is 8.75. The average molecular weight is 227 g/mol. The van der Waals surface area contributed by atoms with Crippen LogP contribution in [0.1, 0.15) is 11.9 Å². The van der Waals surface area contributed by atoms with Crippen LogP contribution in [0.2, 0.25) is 0 Å². The van der Waals surface area contributed by atoms with Crippen molar-refractivity contribution in [2.45, 2.75) is 13.3 Å². The molecule has 0 saturated carbocycles. The van der Waals surface area contributed by atoms with E-state index in [4.69, 9.17) is 0 Å². The summed E-state index contributed by atoms with van der Waals surface area (Å²) in [6.07, 6.45) is 0.892. The van der Waals surface area contributed by atoms with Crippen LogP contribution in [0.3, 0.4) is 0 Å². The molecule has 0 unspecified atom stereocenters. The third-order valence-electron chi connectivity index (χ3n) is 0.978. The molecule has 0 aliphatic heterocycles. The van der Waals surface area contributed by atoms with Gasteiger partial charge in [-0.2, -0.15) is 0 Å². The van der Waals surface area contributed by atoms with Crippen LogP contribution in [0.4, 0.5) is 5.13 Å². The van der Waals surface area contributed by atoms with Crippen LogP contribution in [0.15, 0.2) is 0 Å². The van der Waals surface area contributed by atoms with Crippen molar-refractivity contribution in [2.24, 2.45) is 0 Å². The van der Waals surface area contributed by atoms with E-state index >= 15 is 0 Å². The van der Waals surface area contributed by atoms with E-state index in [0.717, 1.165) is 11.4 Å². The van der Waals surface area contributed by atoms with E-state index < -0.39 is 0 Å². The molecule has 1 aromatic rings. The van der Waals surface area contributed by atoms with Crippen LogP contribution in [-0.4, -0.2) is 14.5 Å². The minimum Gasteiger partial charge on any atom is -0.411 e. The van der Waals surface area contributed by atoms with Crippen molar-refractivity contribution in [3.05, 3.63) is 5.01 Å². The van der Waals surface area contributed by atoms with Gasteiger partial charge >= 0.3 is 29.6 Å². The van der Waals surface area contributed by atoms with Crippen LogP contribution >= 0.6 is 23.6 Å². The second kappa shape index (κ2) is 6.17. The van der Waals surface area contributed by atoms with E-state index in [1.807, 2.05) is 6.92 Å². The maximum absolute atomic E-state index is 4.67. The van der Waals surface area contributed by atoms with E-state index in [-0.39, 0.29) is 29.6 Å². The van der Waals surface area contributed by atoms with Crippen LogP contribution in [0.5, 0.6) is 0 Å². The van der Waals surface area contributed by atoms with E-state index in [2.05, 4.69) is 40.4 Å². The van der Waals surface area contributed by atoms with Gasteiger partial charge in [0.15, 0.2) is 0 Å². The predicted octanol–water partition coefficient (Wildman–Crippen LogP) is -1.65. The van der Waals surface area contributed by atoms with Crippen LogP contribution in [0.25, 0.3) is 0 Å². The topological polar surface area (TPSA) is 37.8 Å². The summed E-state index contributed by atoms with van der Waals surface area (Å²) in [5.41, 5.74) is 0. The Balaban J connectivity index is 0.00000121. The smallest absolute Gasteiger partial charge is 0.411 e. The van der Waals surface area contributed by atoms with Crippen molar-refractivity contribution in [2.75, 3.05) is 5.32 Å². The molecule has 1 rings (SSSR count). The van der Waals surface area contributed by atoms with Crippen LogP contribution in [-0.2, 0) is 19.0 Å². The predicted molar refractivity (Wildman–Crippen MR) is 52.9 cm³/mol. The van der Waals surface area contributed by atoms with E-state index in [0.29, 0.717) is 9.45 Å². The molecule has 7 heteroatoms. The Kier molecular flexibility index (Phi) is 6.52. The summed E-state index contributed by atoms with van der Waals surface area (Å²) in [7, 11) is 0. The van der Waals surface area contributed by atoms with Gasteiger partial charge in [0.1, 0.15) is 5.01 Å². The Hall–Kier alpha value is 0.670. The van der Waals surface area contributed by atoms with Gasteiger partial charge in [0, 0.05) is 0 Å². The monoisotopic (exact) mass is 227 g/mol. The second-order valence-electron chi connectivity index (χ2n) is 1.77. The van der Waals surface area contributed by atoms with Gasteiger partial charge in [-0.05, 0) is 6.42 Å². The van der Waals surface area contributed by atoms with Gasteiger partial charge in [-0.25, -0.2) is 0 Å². The fourth-order valence-electron chi connectivity index (χ4n) is 0.534. The largest absolute Gasteiger partial charge is 1.00 e. The van der Waals surface area contributed by atoms with Gasteiger partial charge in [0.25, 0.3) is 0 Å². The van der Waals surface area contributed by atoms with E-state index in [1.165, 1.54) is 11.3 Å². The van der Waals surface area contributed by atoms with Crippen LogP contribution in [0, 0.1) is 0 Å². The number of hydrogen-bond acceptors (Lipinski definition) is 5. The summed E-state index contributed by atoms with van der Waals surface area (Å²) in [6, 6.07) is 0. The molecular weight excluding hydrogens is 221 g/mol. The molecule has 0 aliphatic carbocycles. The molecule has 12 heavy (non-hydrogen) atoms. The molecule has 0 spiro atoms. The van der Waals surface area contributed by atoms with Gasteiger partial charge in [-0.3, -0.25) is 0 Å². The van der Waals surface area contributed by atoms with Crippen molar-refractivity contribution in [3.63, 3.8) is 0 Å². The summed E-state index contributed by atoms with van der Waals surface area (Å²) in [4.78, 5) is 0. The molecule has 1 N–H and O–H groups in total.